The third-order valence-corrected chi connectivity index (χ3v) is 3.46. The van der Waals surface area contributed by atoms with Crippen LogP contribution in [0.3, 0.4) is 0 Å². The number of hydrogen-bond donors (Lipinski definition) is 1. The molecule has 23 heavy (non-hydrogen) atoms. The highest BCUT2D eigenvalue weighted by atomic mass is 16.2. The summed E-state index contributed by atoms with van der Waals surface area (Å²) in [6.45, 7) is 1.40. The van der Waals surface area contributed by atoms with Crippen molar-refractivity contribution < 1.29 is 9.59 Å². The van der Waals surface area contributed by atoms with Gasteiger partial charge in [-0.05, 0) is 35.9 Å². The molecule has 0 aliphatic carbocycles. The number of carbonyl (C=O) groups is 2. The number of carbonyl (C=O) groups excluding carboxylic acids is 2. The van der Waals surface area contributed by atoms with Crippen LogP contribution in [0.25, 0.3) is 6.08 Å². The first kappa shape index (κ1) is 14.7. The number of nitrogens with zero attached hydrogens (tertiary/aromatic N) is 2. The molecule has 0 aromatic heterocycles. The van der Waals surface area contributed by atoms with Crippen LogP contribution in [-0.4, -0.2) is 17.4 Å². The van der Waals surface area contributed by atoms with Gasteiger partial charge in [0.15, 0.2) is 5.78 Å². The van der Waals surface area contributed by atoms with Crippen molar-refractivity contribution in [3.8, 4) is 0 Å². The summed E-state index contributed by atoms with van der Waals surface area (Å²) in [7, 11) is 0. The zero-order valence-corrected chi connectivity index (χ0v) is 12.6. The van der Waals surface area contributed by atoms with Crippen LogP contribution in [0, 0.1) is 0 Å². The summed E-state index contributed by atoms with van der Waals surface area (Å²) >= 11 is 0. The minimum absolute atomic E-state index is 0.163. The van der Waals surface area contributed by atoms with Crippen molar-refractivity contribution in [3.63, 3.8) is 0 Å². The standard InChI is InChI=1S/C18H15N3O2/c1-12(22)17-16(11-13-7-9-14(19)10-8-13)18(23)21(20-17)15-5-3-2-4-6-15/h2-11H,19H2,1H3/b16-11-. The van der Waals surface area contributed by atoms with Crippen molar-refractivity contribution in [2.24, 2.45) is 5.10 Å². The summed E-state index contributed by atoms with van der Waals surface area (Å²) in [5.74, 6) is -0.572. The summed E-state index contributed by atoms with van der Waals surface area (Å²) < 4.78 is 0. The van der Waals surface area contributed by atoms with E-state index in [0.717, 1.165) is 5.56 Å². The van der Waals surface area contributed by atoms with Gasteiger partial charge in [0.05, 0.1) is 11.3 Å². The highest BCUT2D eigenvalue weighted by Gasteiger charge is 2.33. The Hall–Kier alpha value is -3.21. The summed E-state index contributed by atoms with van der Waals surface area (Å²) in [5, 5.41) is 5.44. The van der Waals surface area contributed by atoms with Crippen LogP contribution in [0.1, 0.15) is 12.5 Å². The van der Waals surface area contributed by atoms with Crippen molar-refractivity contribution in [2.75, 3.05) is 10.7 Å². The van der Waals surface area contributed by atoms with Crippen LogP contribution in [0.2, 0.25) is 0 Å². The third-order valence-electron chi connectivity index (χ3n) is 3.46. The van der Waals surface area contributed by atoms with Gasteiger partial charge in [0, 0.05) is 12.6 Å². The first-order valence-electron chi connectivity index (χ1n) is 7.13. The molecular weight excluding hydrogens is 290 g/mol. The Balaban J connectivity index is 2.03. The Morgan fingerprint density at radius 1 is 1.09 bits per heavy atom. The van der Waals surface area contributed by atoms with Crippen molar-refractivity contribution in [1.29, 1.82) is 0 Å². The van der Waals surface area contributed by atoms with E-state index in [0.29, 0.717) is 11.4 Å². The van der Waals surface area contributed by atoms with Gasteiger partial charge in [0.1, 0.15) is 5.71 Å². The Labute approximate surface area is 133 Å². The minimum atomic E-state index is -0.321. The predicted molar refractivity (Wildman–Crippen MR) is 90.9 cm³/mol. The molecule has 5 nitrogen and oxygen atoms in total. The second-order valence-corrected chi connectivity index (χ2v) is 5.18. The van der Waals surface area contributed by atoms with Crippen LogP contribution in [0.4, 0.5) is 11.4 Å². The average molecular weight is 305 g/mol. The zero-order valence-electron chi connectivity index (χ0n) is 12.6. The first-order chi connectivity index (χ1) is 11.1. The molecule has 1 amide bonds. The van der Waals surface area contributed by atoms with Crippen LogP contribution in [0.5, 0.6) is 0 Å². The smallest absolute Gasteiger partial charge is 0.281 e. The molecule has 3 rings (SSSR count). The molecular formula is C18H15N3O2. The van der Waals surface area contributed by atoms with Gasteiger partial charge in [0.2, 0.25) is 0 Å². The van der Waals surface area contributed by atoms with E-state index in [2.05, 4.69) is 5.10 Å². The first-order valence-corrected chi connectivity index (χ1v) is 7.13. The molecule has 114 valence electrons. The van der Waals surface area contributed by atoms with Crippen LogP contribution >= 0.6 is 0 Å². The van der Waals surface area contributed by atoms with Crippen LogP contribution in [0.15, 0.2) is 65.3 Å². The van der Waals surface area contributed by atoms with Gasteiger partial charge in [-0.15, -0.1) is 0 Å². The highest BCUT2D eigenvalue weighted by molar-refractivity contribution is 6.55. The second kappa shape index (κ2) is 5.88. The minimum Gasteiger partial charge on any atom is -0.399 e. The monoisotopic (exact) mass is 305 g/mol. The normalized spacial score (nSPS) is 15.9. The molecule has 2 aromatic rings. The van der Waals surface area contributed by atoms with Gasteiger partial charge in [-0.2, -0.15) is 10.1 Å². The lowest BCUT2D eigenvalue weighted by atomic mass is 10.0. The molecule has 0 fully saturated rings. The molecule has 0 bridgehead atoms. The van der Waals surface area contributed by atoms with E-state index in [-0.39, 0.29) is 23.0 Å². The van der Waals surface area contributed by atoms with E-state index in [1.54, 1.807) is 42.5 Å². The topological polar surface area (TPSA) is 75.8 Å². The maximum atomic E-state index is 12.7. The Bertz CT molecular complexity index is 821. The number of nitrogen functional groups attached to an aromatic ring is 1. The Kier molecular flexibility index (Phi) is 3.76. The van der Waals surface area contributed by atoms with Crippen molar-refractivity contribution >= 4 is 34.9 Å². The number of ketones is 1. The molecule has 0 radical (unpaired) electrons. The fraction of sp³-hybridized carbons (Fsp3) is 0.0556. The number of hydrazone groups is 1. The molecule has 0 spiro atoms. The number of anilines is 2. The molecule has 0 saturated heterocycles. The molecule has 1 heterocycles. The summed E-state index contributed by atoms with van der Waals surface area (Å²) in [6, 6.07) is 16.1. The molecule has 2 N–H and O–H groups in total. The van der Waals surface area contributed by atoms with Crippen molar-refractivity contribution in [2.45, 2.75) is 6.92 Å². The number of para-hydroxylation sites is 1. The second-order valence-electron chi connectivity index (χ2n) is 5.18. The molecule has 5 heteroatoms. The summed E-state index contributed by atoms with van der Waals surface area (Å²) in [4.78, 5) is 24.5. The SMILES string of the molecule is CC(=O)C1=NN(c2ccccc2)C(=O)/C1=C\c1ccc(N)cc1. The van der Waals surface area contributed by atoms with Crippen LogP contribution in [-0.2, 0) is 9.59 Å². The number of rotatable bonds is 3. The number of Topliss-reactive ketones (excluding diaryl/α,β-unsaturated/α-hetero) is 1. The van der Waals surface area contributed by atoms with Gasteiger partial charge in [-0.25, -0.2) is 0 Å². The van der Waals surface area contributed by atoms with E-state index in [1.807, 2.05) is 18.2 Å². The summed E-state index contributed by atoms with van der Waals surface area (Å²) in [6.07, 6.45) is 1.66. The quantitative estimate of drug-likeness (QED) is 0.699. The largest absolute Gasteiger partial charge is 0.399 e. The van der Waals surface area contributed by atoms with Gasteiger partial charge in [0.25, 0.3) is 5.91 Å². The van der Waals surface area contributed by atoms with E-state index < -0.39 is 0 Å². The van der Waals surface area contributed by atoms with Crippen molar-refractivity contribution in [3.05, 3.63) is 65.7 Å². The fourth-order valence-corrected chi connectivity index (χ4v) is 2.31. The molecule has 0 atom stereocenters. The number of amides is 1. The molecule has 1 aliphatic rings. The lowest BCUT2D eigenvalue weighted by Gasteiger charge is -2.10. The molecule has 1 aliphatic heterocycles. The molecule has 0 saturated carbocycles. The molecule has 2 aromatic carbocycles. The maximum absolute atomic E-state index is 12.7. The van der Waals surface area contributed by atoms with E-state index >= 15 is 0 Å². The van der Waals surface area contributed by atoms with Crippen molar-refractivity contribution in [1.82, 2.24) is 0 Å². The average Bonchev–Trinajstić information content (AvgIpc) is 2.88. The number of hydrogen-bond acceptors (Lipinski definition) is 4. The predicted octanol–water partition coefficient (Wildman–Crippen LogP) is 2.64. The van der Waals surface area contributed by atoms with Gasteiger partial charge in [-0.3, -0.25) is 9.59 Å². The maximum Gasteiger partial charge on any atom is 0.281 e. The van der Waals surface area contributed by atoms with Crippen LogP contribution < -0.4 is 10.7 Å². The lowest BCUT2D eigenvalue weighted by Crippen LogP contribution is -2.21. The Morgan fingerprint density at radius 3 is 2.35 bits per heavy atom. The van der Waals surface area contributed by atoms with E-state index in [4.69, 9.17) is 5.73 Å². The van der Waals surface area contributed by atoms with Gasteiger partial charge >= 0.3 is 0 Å². The van der Waals surface area contributed by atoms with Gasteiger partial charge in [-0.1, -0.05) is 30.3 Å². The highest BCUT2D eigenvalue weighted by Crippen LogP contribution is 2.25. The van der Waals surface area contributed by atoms with E-state index in [1.165, 1.54) is 11.9 Å². The zero-order chi connectivity index (χ0) is 16.4. The molecule has 0 unspecified atom stereocenters. The fourth-order valence-electron chi connectivity index (χ4n) is 2.31. The Morgan fingerprint density at radius 2 is 1.74 bits per heavy atom. The third kappa shape index (κ3) is 2.89. The van der Waals surface area contributed by atoms with E-state index in [9.17, 15) is 9.59 Å². The lowest BCUT2D eigenvalue weighted by molar-refractivity contribution is -0.114. The van der Waals surface area contributed by atoms with Gasteiger partial charge < -0.3 is 5.73 Å². The number of nitrogens with two attached hydrogens (primary N) is 1. The summed E-state index contributed by atoms with van der Waals surface area (Å²) in [5.41, 5.74) is 8.15. The number of benzene rings is 2.